The van der Waals surface area contributed by atoms with Crippen molar-refractivity contribution in [3.05, 3.63) is 47.3 Å². The molecule has 0 unspecified atom stereocenters. The van der Waals surface area contributed by atoms with Gasteiger partial charge in [0, 0.05) is 18.8 Å². The molecule has 1 heterocycles. The minimum Gasteiger partial charge on any atom is -0.395 e. The molecule has 1 N–H and O–H groups in total. The number of para-hydroxylation sites is 1. The SMILES string of the molecule is CCCN(CCO)Cc1nn(-c2ccccc2)c2c1CCC2. The Morgan fingerprint density at radius 1 is 1.18 bits per heavy atom. The van der Waals surface area contributed by atoms with Crippen molar-refractivity contribution < 1.29 is 5.11 Å². The minimum atomic E-state index is 0.210. The molecule has 0 atom stereocenters. The highest BCUT2D eigenvalue weighted by molar-refractivity contribution is 5.39. The second-order valence-corrected chi connectivity index (χ2v) is 5.97. The molecular formula is C18H25N3O. The Labute approximate surface area is 132 Å². The van der Waals surface area contributed by atoms with Crippen LogP contribution in [0.25, 0.3) is 5.69 Å². The molecule has 4 nitrogen and oxygen atoms in total. The van der Waals surface area contributed by atoms with E-state index in [0.717, 1.165) is 44.6 Å². The Morgan fingerprint density at radius 3 is 2.73 bits per heavy atom. The Kier molecular flexibility index (Phi) is 4.90. The fourth-order valence-corrected chi connectivity index (χ4v) is 3.36. The fourth-order valence-electron chi connectivity index (χ4n) is 3.36. The zero-order valence-electron chi connectivity index (χ0n) is 13.3. The number of hydrogen-bond donors (Lipinski definition) is 1. The summed E-state index contributed by atoms with van der Waals surface area (Å²) < 4.78 is 2.13. The van der Waals surface area contributed by atoms with E-state index in [4.69, 9.17) is 5.10 Å². The van der Waals surface area contributed by atoms with E-state index in [9.17, 15) is 5.11 Å². The summed E-state index contributed by atoms with van der Waals surface area (Å²) in [4.78, 5) is 2.30. The van der Waals surface area contributed by atoms with Crippen LogP contribution in [0.2, 0.25) is 0 Å². The van der Waals surface area contributed by atoms with Gasteiger partial charge >= 0.3 is 0 Å². The van der Waals surface area contributed by atoms with Crippen LogP contribution in [0.1, 0.15) is 36.7 Å². The minimum absolute atomic E-state index is 0.210. The van der Waals surface area contributed by atoms with E-state index in [0.29, 0.717) is 0 Å². The van der Waals surface area contributed by atoms with Crippen molar-refractivity contribution in [2.45, 2.75) is 39.2 Å². The van der Waals surface area contributed by atoms with Gasteiger partial charge in [-0.3, -0.25) is 4.90 Å². The van der Waals surface area contributed by atoms with Crippen LogP contribution in [-0.4, -0.2) is 39.5 Å². The van der Waals surface area contributed by atoms with Gasteiger partial charge in [0.1, 0.15) is 0 Å². The van der Waals surface area contributed by atoms with Crippen LogP contribution in [0, 0.1) is 0 Å². The summed E-state index contributed by atoms with van der Waals surface area (Å²) in [5, 5.41) is 14.2. The van der Waals surface area contributed by atoms with Crippen LogP contribution in [0.3, 0.4) is 0 Å². The van der Waals surface area contributed by atoms with Gasteiger partial charge in [-0.1, -0.05) is 25.1 Å². The molecule has 0 saturated heterocycles. The van der Waals surface area contributed by atoms with Gasteiger partial charge in [-0.25, -0.2) is 4.68 Å². The number of aliphatic hydroxyl groups is 1. The molecule has 1 aromatic carbocycles. The largest absolute Gasteiger partial charge is 0.395 e. The zero-order chi connectivity index (χ0) is 15.4. The molecule has 2 aromatic rings. The molecule has 22 heavy (non-hydrogen) atoms. The highest BCUT2D eigenvalue weighted by atomic mass is 16.3. The Morgan fingerprint density at radius 2 is 2.00 bits per heavy atom. The monoisotopic (exact) mass is 299 g/mol. The average molecular weight is 299 g/mol. The van der Waals surface area contributed by atoms with Crippen LogP contribution in [-0.2, 0) is 19.4 Å². The normalized spacial score (nSPS) is 13.8. The number of hydrogen-bond acceptors (Lipinski definition) is 3. The van der Waals surface area contributed by atoms with Crippen LogP contribution in [0.5, 0.6) is 0 Å². The summed E-state index contributed by atoms with van der Waals surface area (Å²) in [5.41, 5.74) is 5.15. The molecule has 0 amide bonds. The Balaban J connectivity index is 1.89. The second-order valence-electron chi connectivity index (χ2n) is 5.97. The third-order valence-electron chi connectivity index (χ3n) is 4.34. The third kappa shape index (κ3) is 3.08. The molecule has 3 rings (SSSR count). The molecule has 1 aromatic heterocycles. The van der Waals surface area contributed by atoms with E-state index in [-0.39, 0.29) is 6.61 Å². The lowest BCUT2D eigenvalue weighted by atomic mass is 10.2. The molecule has 4 heteroatoms. The summed E-state index contributed by atoms with van der Waals surface area (Å²) in [7, 11) is 0. The van der Waals surface area contributed by atoms with Gasteiger partial charge in [-0.05, 0) is 49.9 Å². The van der Waals surface area contributed by atoms with Gasteiger partial charge in [0.15, 0.2) is 0 Å². The maximum Gasteiger partial charge on any atom is 0.0804 e. The first-order valence-electron chi connectivity index (χ1n) is 8.31. The van der Waals surface area contributed by atoms with Crippen molar-refractivity contribution in [1.82, 2.24) is 14.7 Å². The lowest BCUT2D eigenvalue weighted by molar-refractivity contribution is 0.188. The first-order chi connectivity index (χ1) is 10.8. The van der Waals surface area contributed by atoms with Crippen molar-refractivity contribution in [2.75, 3.05) is 19.7 Å². The highest BCUT2D eigenvalue weighted by Crippen LogP contribution is 2.28. The van der Waals surface area contributed by atoms with Gasteiger partial charge < -0.3 is 5.11 Å². The molecule has 0 spiro atoms. The highest BCUT2D eigenvalue weighted by Gasteiger charge is 2.23. The summed E-state index contributed by atoms with van der Waals surface area (Å²) >= 11 is 0. The first-order valence-corrected chi connectivity index (χ1v) is 8.31. The van der Waals surface area contributed by atoms with Crippen molar-refractivity contribution in [1.29, 1.82) is 0 Å². The van der Waals surface area contributed by atoms with Crippen molar-refractivity contribution in [3.63, 3.8) is 0 Å². The molecule has 0 saturated carbocycles. The standard InChI is InChI=1S/C18H25N3O/c1-2-11-20(12-13-22)14-17-16-9-6-10-18(16)21(19-17)15-7-4-3-5-8-15/h3-5,7-8,22H,2,6,9-14H2,1H3. The Hall–Kier alpha value is -1.65. The topological polar surface area (TPSA) is 41.3 Å². The smallest absolute Gasteiger partial charge is 0.0804 e. The summed E-state index contributed by atoms with van der Waals surface area (Å²) in [6, 6.07) is 10.4. The van der Waals surface area contributed by atoms with Gasteiger partial charge in [0.2, 0.25) is 0 Å². The van der Waals surface area contributed by atoms with E-state index in [1.54, 1.807) is 0 Å². The van der Waals surface area contributed by atoms with Crippen LogP contribution >= 0.6 is 0 Å². The van der Waals surface area contributed by atoms with Crippen molar-refractivity contribution >= 4 is 0 Å². The average Bonchev–Trinajstić information content (AvgIpc) is 3.12. The lowest BCUT2D eigenvalue weighted by Gasteiger charge is -2.19. The predicted molar refractivity (Wildman–Crippen MR) is 88.2 cm³/mol. The molecular weight excluding hydrogens is 274 g/mol. The van der Waals surface area contributed by atoms with Crippen molar-refractivity contribution in [2.24, 2.45) is 0 Å². The third-order valence-corrected chi connectivity index (χ3v) is 4.34. The number of nitrogens with zero attached hydrogens (tertiary/aromatic N) is 3. The summed E-state index contributed by atoms with van der Waals surface area (Å²) in [6.07, 6.45) is 4.57. The zero-order valence-corrected chi connectivity index (χ0v) is 13.3. The lowest BCUT2D eigenvalue weighted by Crippen LogP contribution is -2.28. The van der Waals surface area contributed by atoms with Gasteiger partial charge in [-0.2, -0.15) is 5.10 Å². The number of aromatic nitrogens is 2. The first kappa shape index (κ1) is 15.3. The van der Waals surface area contributed by atoms with E-state index in [2.05, 4.69) is 40.8 Å². The van der Waals surface area contributed by atoms with E-state index in [1.807, 2.05) is 6.07 Å². The van der Waals surface area contributed by atoms with E-state index in [1.165, 1.54) is 23.4 Å². The molecule has 0 fully saturated rings. The number of fused-ring (bicyclic) bond motifs is 1. The quantitative estimate of drug-likeness (QED) is 0.854. The molecule has 1 aliphatic rings. The second kappa shape index (κ2) is 7.07. The van der Waals surface area contributed by atoms with Gasteiger partial charge in [0.25, 0.3) is 0 Å². The summed E-state index contributed by atoms with van der Waals surface area (Å²) in [6.45, 7) is 4.96. The van der Waals surface area contributed by atoms with Crippen molar-refractivity contribution in [3.8, 4) is 5.69 Å². The number of benzene rings is 1. The van der Waals surface area contributed by atoms with Crippen LogP contribution in [0.15, 0.2) is 30.3 Å². The molecule has 0 radical (unpaired) electrons. The molecule has 1 aliphatic carbocycles. The maximum atomic E-state index is 9.25. The number of rotatable bonds is 7. The van der Waals surface area contributed by atoms with Gasteiger partial charge in [0.05, 0.1) is 18.0 Å². The fraction of sp³-hybridized carbons (Fsp3) is 0.500. The Bertz CT molecular complexity index is 600. The van der Waals surface area contributed by atoms with Gasteiger partial charge in [-0.15, -0.1) is 0 Å². The summed E-state index contributed by atoms with van der Waals surface area (Å²) in [5.74, 6) is 0. The predicted octanol–water partition coefficient (Wildman–Crippen LogP) is 2.57. The maximum absolute atomic E-state index is 9.25. The van der Waals surface area contributed by atoms with Crippen LogP contribution < -0.4 is 0 Å². The molecule has 118 valence electrons. The molecule has 0 aliphatic heterocycles. The molecule has 0 bridgehead atoms. The number of aliphatic hydroxyl groups excluding tert-OH is 1. The van der Waals surface area contributed by atoms with Crippen LogP contribution in [0.4, 0.5) is 0 Å². The van der Waals surface area contributed by atoms with E-state index < -0.39 is 0 Å². The van der Waals surface area contributed by atoms with E-state index >= 15 is 0 Å².